The Morgan fingerprint density at radius 3 is 2.21 bits per heavy atom. The fourth-order valence-corrected chi connectivity index (χ4v) is 8.62. The lowest BCUT2D eigenvalue weighted by atomic mass is 9.52. The van der Waals surface area contributed by atoms with E-state index in [1.807, 2.05) is 55.0 Å². The molecule has 2 atom stereocenters. The Balaban J connectivity index is 1.02. The standard InChI is InChI=1S/C33H44N6O3/c1-32(2,3)30(40)37-12-10-36(11-13-37)25-8-9-28(34-21-25)38-14-15-39(27-7-5-4-6-26(27)38)31(41)35-29-23-16-22-17-24(29)20-33(42,18-22)19-23/h4-9,21-24,29,42H,10-20H2,1-3H3,(H,35,41). The minimum atomic E-state index is -0.502. The summed E-state index contributed by atoms with van der Waals surface area (Å²) in [6.45, 7) is 10.2. The van der Waals surface area contributed by atoms with Gasteiger partial charge in [-0.15, -0.1) is 0 Å². The molecule has 2 unspecified atom stereocenters. The number of amides is 3. The fraction of sp³-hybridized carbons (Fsp3) is 0.606. The highest BCUT2D eigenvalue weighted by atomic mass is 16.3. The van der Waals surface area contributed by atoms with Crippen molar-refractivity contribution in [3.8, 4) is 0 Å². The molecule has 1 saturated heterocycles. The molecule has 5 fully saturated rings. The molecule has 9 heteroatoms. The van der Waals surface area contributed by atoms with Crippen LogP contribution in [0.25, 0.3) is 0 Å². The first-order chi connectivity index (χ1) is 20.1. The van der Waals surface area contributed by atoms with Gasteiger partial charge in [-0.05, 0) is 74.1 Å². The van der Waals surface area contributed by atoms with E-state index in [0.717, 1.165) is 81.2 Å². The minimum absolute atomic E-state index is 0.0287. The second-order valence-corrected chi connectivity index (χ2v) is 14.4. The monoisotopic (exact) mass is 572 g/mol. The molecule has 224 valence electrons. The Morgan fingerprint density at radius 1 is 0.905 bits per heavy atom. The number of anilines is 4. The molecule has 4 aliphatic carbocycles. The van der Waals surface area contributed by atoms with E-state index in [1.54, 1.807) is 0 Å². The number of nitrogens with one attached hydrogen (secondary N) is 1. The molecule has 0 spiro atoms. The van der Waals surface area contributed by atoms with Gasteiger partial charge >= 0.3 is 6.03 Å². The lowest BCUT2D eigenvalue weighted by molar-refractivity contribution is -0.139. The highest BCUT2D eigenvalue weighted by Crippen LogP contribution is 2.55. The van der Waals surface area contributed by atoms with Crippen molar-refractivity contribution in [3.05, 3.63) is 42.6 Å². The van der Waals surface area contributed by atoms with Gasteiger partial charge in [0.2, 0.25) is 5.91 Å². The third-order valence-corrected chi connectivity index (χ3v) is 10.4. The number of hydrogen-bond donors (Lipinski definition) is 2. The van der Waals surface area contributed by atoms with E-state index in [1.165, 1.54) is 0 Å². The maximum atomic E-state index is 13.7. The maximum absolute atomic E-state index is 13.7. The molecule has 2 aliphatic heterocycles. The second-order valence-electron chi connectivity index (χ2n) is 14.4. The van der Waals surface area contributed by atoms with E-state index in [0.29, 0.717) is 30.8 Å². The Bertz CT molecular complexity index is 1330. The number of urea groups is 1. The van der Waals surface area contributed by atoms with Gasteiger partial charge in [0, 0.05) is 50.7 Å². The van der Waals surface area contributed by atoms with E-state index in [9.17, 15) is 14.7 Å². The van der Waals surface area contributed by atoms with Crippen LogP contribution >= 0.6 is 0 Å². The molecule has 3 amide bonds. The van der Waals surface area contributed by atoms with Crippen LogP contribution in [0.4, 0.5) is 27.7 Å². The number of carbonyl (C=O) groups excluding carboxylic acids is 2. The summed E-state index contributed by atoms with van der Waals surface area (Å²) in [4.78, 5) is 39.6. The first-order valence-corrected chi connectivity index (χ1v) is 15.8. The summed E-state index contributed by atoms with van der Waals surface area (Å²) in [6.07, 6.45) is 6.77. The number of para-hydroxylation sites is 2. The van der Waals surface area contributed by atoms with Crippen molar-refractivity contribution in [1.82, 2.24) is 15.2 Å². The van der Waals surface area contributed by atoms with Crippen molar-refractivity contribution >= 4 is 34.8 Å². The number of fused-ring (bicyclic) bond motifs is 1. The maximum Gasteiger partial charge on any atom is 0.322 e. The molecule has 8 rings (SSSR count). The molecule has 3 heterocycles. The van der Waals surface area contributed by atoms with Crippen molar-refractivity contribution in [2.75, 3.05) is 54.0 Å². The summed E-state index contributed by atoms with van der Waals surface area (Å²) in [7, 11) is 0. The third-order valence-electron chi connectivity index (χ3n) is 10.4. The lowest BCUT2D eigenvalue weighted by Crippen LogP contribution is -2.63. The van der Waals surface area contributed by atoms with Crippen molar-refractivity contribution in [2.45, 2.75) is 64.5 Å². The highest BCUT2D eigenvalue weighted by Gasteiger charge is 2.55. The zero-order chi connectivity index (χ0) is 29.2. The van der Waals surface area contributed by atoms with Gasteiger partial charge in [0.25, 0.3) is 0 Å². The van der Waals surface area contributed by atoms with Crippen molar-refractivity contribution in [2.24, 2.45) is 23.2 Å². The summed E-state index contributed by atoms with van der Waals surface area (Å²) in [5.41, 5.74) is 2.08. The smallest absolute Gasteiger partial charge is 0.322 e. The minimum Gasteiger partial charge on any atom is -0.390 e. The Labute approximate surface area is 248 Å². The van der Waals surface area contributed by atoms with Gasteiger partial charge in [0.15, 0.2) is 0 Å². The average Bonchev–Trinajstić information content (AvgIpc) is 2.97. The topological polar surface area (TPSA) is 92.3 Å². The van der Waals surface area contributed by atoms with Crippen molar-refractivity contribution in [3.63, 3.8) is 0 Å². The lowest BCUT2D eigenvalue weighted by Gasteiger charge is -2.58. The largest absolute Gasteiger partial charge is 0.390 e. The molecule has 0 radical (unpaired) electrons. The van der Waals surface area contributed by atoms with Crippen molar-refractivity contribution < 1.29 is 14.7 Å². The number of carbonyl (C=O) groups is 2. The van der Waals surface area contributed by atoms with Gasteiger partial charge in [0.1, 0.15) is 5.82 Å². The number of pyridine rings is 1. The third kappa shape index (κ3) is 4.89. The van der Waals surface area contributed by atoms with Crippen LogP contribution in [0.1, 0.15) is 52.9 Å². The number of nitrogens with zero attached hydrogens (tertiary/aromatic N) is 5. The van der Waals surface area contributed by atoms with Crippen LogP contribution in [0.15, 0.2) is 42.6 Å². The molecule has 4 saturated carbocycles. The molecule has 9 nitrogen and oxygen atoms in total. The van der Waals surface area contributed by atoms with Gasteiger partial charge in [-0.1, -0.05) is 32.9 Å². The van der Waals surface area contributed by atoms with Gasteiger partial charge in [-0.3, -0.25) is 9.69 Å². The van der Waals surface area contributed by atoms with E-state index >= 15 is 0 Å². The molecule has 1 aromatic heterocycles. The van der Waals surface area contributed by atoms with Gasteiger partial charge in [0.05, 0.1) is 28.9 Å². The zero-order valence-electron chi connectivity index (χ0n) is 25.1. The van der Waals surface area contributed by atoms with E-state index < -0.39 is 5.60 Å². The van der Waals surface area contributed by atoms with Crippen LogP contribution < -0.4 is 20.0 Å². The van der Waals surface area contributed by atoms with Crippen LogP contribution in [0.3, 0.4) is 0 Å². The van der Waals surface area contributed by atoms with Crippen LogP contribution in [-0.2, 0) is 4.79 Å². The fourth-order valence-electron chi connectivity index (χ4n) is 8.62. The van der Waals surface area contributed by atoms with Gasteiger partial charge < -0.3 is 25.1 Å². The Morgan fingerprint density at radius 2 is 1.60 bits per heavy atom. The SMILES string of the molecule is CC(C)(C)C(=O)N1CCN(c2ccc(N3CCN(C(=O)NC4C5CC6CC4CC(O)(C6)C5)c4ccccc43)nc2)CC1. The van der Waals surface area contributed by atoms with Crippen LogP contribution in [0.2, 0.25) is 0 Å². The predicted octanol–water partition coefficient (Wildman–Crippen LogP) is 4.38. The molecule has 6 aliphatic rings. The van der Waals surface area contributed by atoms with Crippen molar-refractivity contribution in [1.29, 1.82) is 0 Å². The van der Waals surface area contributed by atoms with Gasteiger partial charge in [-0.25, -0.2) is 9.78 Å². The van der Waals surface area contributed by atoms with Gasteiger partial charge in [-0.2, -0.15) is 0 Å². The Hall–Kier alpha value is -3.33. The number of piperazine rings is 1. The molecular weight excluding hydrogens is 528 g/mol. The highest BCUT2D eigenvalue weighted by molar-refractivity contribution is 5.98. The van der Waals surface area contributed by atoms with E-state index in [4.69, 9.17) is 4.98 Å². The quantitative estimate of drug-likeness (QED) is 0.567. The summed E-state index contributed by atoms with van der Waals surface area (Å²) in [5.74, 6) is 2.45. The Kier molecular flexibility index (Phi) is 6.64. The molecule has 1 aromatic carbocycles. The van der Waals surface area contributed by atoms with Crippen LogP contribution in [0.5, 0.6) is 0 Å². The summed E-state index contributed by atoms with van der Waals surface area (Å²) >= 11 is 0. The second kappa shape index (κ2) is 10.1. The number of hydrogen-bond acceptors (Lipinski definition) is 6. The summed E-state index contributed by atoms with van der Waals surface area (Å²) in [5, 5.41) is 14.4. The van der Waals surface area contributed by atoms with E-state index in [2.05, 4.69) is 33.3 Å². The molecule has 42 heavy (non-hydrogen) atoms. The van der Waals surface area contributed by atoms with Crippen LogP contribution in [-0.4, -0.2) is 77.8 Å². The normalized spacial score (nSPS) is 30.4. The number of aromatic nitrogens is 1. The predicted molar refractivity (Wildman–Crippen MR) is 164 cm³/mol. The first-order valence-electron chi connectivity index (χ1n) is 15.8. The number of aliphatic hydroxyl groups is 1. The molecule has 4 bridgehead atoms. The van der Waals surface area contributed by atoms with Crippen LogP contribution in [0, 0.1) is 23.2 Å². The summed E-state index contributed by atoms with van der Waals surface area (Å²) < 4.78 is 0. The first kappa shape index (κ1) is 27.5. The zero-order valence-corrected chi connectivity index (χ0v) is 25.1. The number of benzene rings is 1. The number of rotatable bonds is 3. The summed E-state index contributed by atoms with van der Waals surface area (Å²) in [6, 6.07) is 12.4. The molecule has 2 N–H and O–H groups in total. The molecule has 2 aromatic rings. The van der Waals surface area contributed by atoms with E-state index in [-0.39, 0.29) is 23.4 Å². The molecular formula is C33H44N6O3. The average molecular weight is 573 g/mol.